The van der Waals surface area contributed by atoms with Crippen LogP contribution in [0.4, 0.5) is 0 Å². The van der Waals surface area contributed by atoms with Gasteiger partial charge in [-0.1, -0.05) is 73.3 Å². The van der Waals surface area contributed by atoms with Crippen molar-refractivity contribution < 1.29 is 14.3 Å². The van der Waals surface area contributed by atoms with Gasteiger partial charge in [-0.05, 0) is 42.7 Å². The number of carbonyl (C=O) groups excluding carboxylic acids is 2. The average Bonchev–Trinajstić information content (AvgIpc) is 2.74. The summed E-state index contributed by atoms with van der Waals surface area (Å²) in [7, 11) is 0. The molecule has 0 fully saturated rings. The summed E-state index contributed by atoms with van der Waals surface area (Å²) in [5, 5.41) is 4.23. The van der Waals surface area contributed by atoms with Crippen LogP contribution in [0.25, 0.3) is 0 Å². The van der Waals surface area contributed by atoms with Crippen LogP contribution in [0.2, 0.25) is 15.1 Å². The first-order valence-electron chi connectivity index (χ1n) is 10.3. The monoisotopic (exact) mass is 484 g/mol. The largest absolute Gasteiger partial charge is 0.482 e. The van der Waals surface area contributed by atoms with E-state index in [0.717, 1.165) is 18.4 Å². The first-order valence-corrected chi connectivity index (χ1v) is 11.4. The maximum absolute atomic E-state index is 13.2. The van der Waals surface area contributed by atoms with Crippen molar-refractivity contribution in [2.75, 3.05) is 13.2 Å². The minimum Gasteiger partial charge on any atom is -0.482 e. The second kappa shape index (κ2) is 12.8. The highest BCUT2D eigenvalue weighted by molar-refractivity contribution is 6.35. The number of hydrogen-bond donors (Lipinski definition) is 1. The molecule has 1 atom stereocenters. The Morgan fingerprint density at radius 2 is 1.81 bits per heavy atom. The predicted octanol–water partition coefficient (Wildman–Crippen LogP) is 5.75. The molecule has 0 spiro atoms. The smallest absolute Gasteiger partial charge is 0.261 e. The summed E-state index contributed by atoms with van der Waals surface area (Å²) in [5.41, 5.74) is 0.752. The van der Waals surface area contributed by atoms with Crippen molar-refractivity contribution in [1.29, 1.82) is 0 Å². The van der Waals surface area contributed by atoms with Gasteiger partial charge in [-0.25, -0.2) is 0 Å². The fourth-order valence-corrected chi connectivity index (χ4v) is 3.71. The Morgan fingerprint density at radius 1 is 1.06 bits per heavy atom. The third-order valence-electron chi connectivity index (χ3n) is 4.76. The highest BCUT2D eigenvalue weighted by atomic mass is 35.5. The zero-order valence-corrected chi connectivity index (χ0v) is 19.9. The van der Waals surface area contributed by atoms with Crippen LogP contribution in [0.1, 0.15) is 38.7 Å². The lowest BCUT2D eigenvalue weighted by atomic mass is 10.1. The number of nitrogens with one attached hydrogen (secondary N) is 1. The van der Waals surface area contributed by atoms with E-state index in [9.17, 15) is 9.59 Å². The number of amides is 2. The molecule has 0 aliphatic rings. The molecule has 0 unspecified atom stereocenters. The van der Waals surface area contributed by atoms with Gasteiger partial charge < -0.3 is 15.0 Å². The topological polar surface area (TPSA) is 58.6 Å². The van der Waals surface area contributed by atoms with Crippen LogP contribution in [-0.2, 0) is 16.1 Å². The van der Waals surface area contributed by atoms with Gasteiger partial charge >= 0.3 is 0 Å². The SMILES string of the molecule is CCCCNC(=O)[C@@H](CC)N(Cc1ccccc1Cl)C(=O)COc1ccc(Cl)cc1Cl. The van der Waals surface area contributed by atoms with E-state index in [2.05, 4.69) is 12.2 Å². The molecule has 5 nitrogen and oxygen atoms in total. The molecular weight excluding hydrogens is 459 g/mol. The van der Waals surface area contributed by atoms with Gasteiger partial charge in [0.2, 0.25) is 5.91 Å². The van der Waals surface area contributed by atoms with Crippen LogP contribution >= 0.6 is 34.8 Å². The number of unbranched alkanes of at least 4 members (excludes halogenated alkanes) is 1. The Morgan fingerprint density at radius 3 is 2.45 bits per heavy atom. The Balaban J connectivity index is 2.21. The number of benzene rings is 2. The van der Waals surface area contributed by atoms with Gasteiger partial charge in [0.05, 0.1) is 5.02 Å². The van der Waals surface area contributed by atoms with E-state index in [-0.39, 0.29) is 25.0 Å². The van der Waals surface area contributed by atoms with E-state index in [1.54, 1.807) is 24.3 Å². The van der Waals surface area contributed by atoms with Gasteiger partial charge in [0.25, 0.3) is 5.91 Å². The van der Waals surface area contributed by atoms with Gasteiger partial charge in [0.1, 0.15) is 11.8 Å². The average molecular weight is 486 g/mol. The van der Waals surface area contributed by atoms with Crippen molar-refractivity contribution in [1.82, 2.24) is 10.2 Å². The van der Waals surface area contributed by atoms with Gasteiger partial charge in [-0.2, -0.15) is 0 Å². The Bertz CT molecular complexity index is 892. The molecule has 2 rings (SSSR count). The molecule has 0 aromatic heterocycles. The number of nitrogens with zero attached hydrogens (tertiary/aromatic N) is 1. The summed E-state index contributed by atoms with van der Waals surface area (Å²) >= 11 is 18.4. The predicted molar refractivity (Wildman–Crippen MR) is 126 cm³/mol. The molecule has 2 amide bonds. The zero-order valence-electron chi connectivity index (χ0n) is 17.7. The molecule has 0 saturated carbocycles. The summed E-state index contributed by atoms with van der Waals surface area (Å²) in [5.74, 6) is -0.193. The standard InChI is InChI=1S/C23H27Cl3N2O3/c1-3-5-12-27-23(30)20(4-2)28(14-16-8-6-7-9-18(16)25)22(29)15-31-21-11-10-17(24)13-19(21)26/h6-11,13,20H,3-5,12,14-15H2,1-2H3,(H,27,30)/t20-/m1/s1. The van der Waals surface area contributed by atoms with E-state index in [4.69, 9.17) is 39.5 Å². The van der Waals surface area contributed by atoms with Crippen molar-refractivity contribution in [3.63, 3.8) is 0 Å². The van der Waals surface area contributed by atoms with E-state index in [0.29, 0.717) is 33.8 Å². The van der Waals surface area contributed by atoms with E-state index < -0.39 is 6.04 Å². The molecule has 0 aliphatic carbocycles. The molecule has 168 valence electrons. The van der Waals surface area contributed by atoms with Crippen molar-refractivity contribution in [3.05, 3.63) is 63.1 Å². The second-order valence-corrected chi connectivity index (χ2v) is 8.30. The fraction of sp³-hybridized carbons (Fsp3) is 0.391. The van der Waals surface area contributed by atoms with Crippen molar-refractivity contribution in [2.24, 2.45) is 0 Å². The first kappa shape index (κ1) is 25.3. The highest BCUT2D eigenvalue weighted by Gasteiger charge is 2.29. The van der Waals surface area contributed by atoms with Gasteiger partial charge in [-0.3, -0.25) is 9.59 Å². The molecule has 31 heavy (non-hydrogen) atoms. The lowest BCUT2D eigenvalue weighted by Gasteiger charge is -2.31. The summed E-state index contributed by atoms with van der Waals surface area (Å²) in [4.78, 5) is 27.5. The molecule has 0 aliphatic heterocycles. The Kier molecular flexibility index (Phi) is 10.4. The first-order chi connectivity index (χ1) is 14.9. The molecule has 8 heteroatoms. The molecule has 0 bridgehead atoms. The molecule has 0 radical (unpaired) electrons. The molecule has 2 aromatic rings. The fourth-order valence-electron chi connectivity index (χ4n) is 3.05. The van der Waals surface area contributed by atoms with Crippen LogP contribution in [0.15, 0.2) is 42.5 Å². The summed E-state index contributed by atoms with van der Waals surface area (Å²) in [6.07, 6.45) is 2.30. The summed E-state index contributed by atoms with van der Waals surface area (Å²) in [6.45, 7) is 4.40. The third kappa shape index (κ3) is 7.60. The van der Waals surface area contributed by atoms with Crippen LogP contribution in [0.5, 0.6) is 5.75 Å². The zero-order chi connectivity index (χ0) is 22.8. The summed E-state index contributed by atoms with van der Waals surface area (Å²) < 4.78 is 5.63. The molecular formula is C23H27Cl3N2O3. The minimum absolute atomic E-state index is 0.190. The van der Waals surface area contributed by atoms with Gasteiger partial charge in [0, 0.05) is 23.1 Å². The second-order valence-electron chi connectivity index (χ2n) is 7.05. The molecule has 0 heterocycles. The highest BCUT2D eigenvalue weighted by Crippen LogP contribution is 2.28. The van der Waals surface area contributed by atoms with Gasteiger partial charge in [0.15, 0.2) is 6.61 Å². The molecule has 1 N–H and O–H groups in total. The Labute approximate surface area is 198 Å². The van der Waals surface area contributed by atoms with Gasteiger partial charge in [-0.15, -0.1) is 0 Å². The molecule has 0 saturated heterocycles. The van der Waals surface area contributed by atoms with Crippen molar-refractivity contribution in [3.8, 4) is 5.75 Å². The maximum atomic E-state index is 13.2. The minimum atomic E-state index is -0.648. The lowest BCUT2D eigenvalue weighted by molar-refractivity contribution is -0.143. The number of halogens is 3. The lowest BCUT2D eigenvalue weighted by Crippen LogP contribution is -2.50. The van der Waals surface area contributed by atoms with Crippen LogP contribution in [0.3, 0.4) is 0 Å². The Hall–Kier alpha value is -1.95. The van der Waals surface area contributed by atoms with E-state index in [1.165, 1.54) is 4.90 Å². The van der Waals surface area contributed by atoms with Crippen molar-refractivity contribution in [2.45, 2.75) is 45.7 Å². The summed E-state index contributed by atoms with van der Waals surface area (Å²) in [6, 6.07) is 11.4. The van der Waals surface area contributed by atoms with E-state index in [1.807, 2.05) is 25.1 Å². The normalized spacial score (nSPS) is 11.6. The number of carbonyl (C=O) groups is 2. The van der Waals surface area contributed by atoms with Crippen molar-refractivity contribution >= 4 is 46.6 Å². The van der Waals surface area contributed by atoms with Crippen LogP contribution in [0, 0.1) is 0 Å². The number of ether oxygens (including phenoxy) is 1. The maximum Gasteiger partial charge on any atom is 0.261 e. The molecule has 2 aromatic carbocycles. The quantitative estimate of drug-likeness (QED) is 0.412. The number of rotatable bonds is 11. The van der Waals surface area contributed by atoms with Crippen LogP contribution < -0.4 is 10.1 Å². The third-order valence-corrected chi connectivity index (χ3v) is 5.66. The number of hydrogen-bond acceptors (Lipinski definition) is 3. The van der Waals surface area contributed by atoms with E-state index >= 15 is 0 Å². The van der Waals surface area contributed by atoms with Crippen LogP contribution in [-0.4, -0.2) is 35.9 Å².